The molecule has 0 bridgehead atoms. The summed E-state index contributed by atoms with van der Waals surface area (Å²) in [5.74, 6) is 0.148. The Balaban J connectivity index is 1.77. The summed E-state index contributed by atoms with van der Waals surface area (Å²) in [5.41, 5.74) is 2.17. The summed E-state index contributed by atoms with van der Waals surface area (Å²) in [5, 5.41) is 14.5. The minimum Gasteiger partial charge on any atom is -0.366 e. The highest BCUT2D eigenvalue weighted by molar-refractivity contribution is 6.05. The number of nitrogens with one attached hydrogen (secondary N) is 1. The lowest BCUT2D eigenvalue weighted by atomic mass is 9.98. The molecule has 31 heavy (non-hydrogen) atoms. The molecule has 2 amide bonds. The van der Waals surface area contributed by atoms with E-state index in [9.17, 15) is 19.7 Å². The van der Waals surface area contributed by atoms with Gasteiger partial charge in [-0.3, -0.25) is 19.7 Å². The number of hydrogen-bond acceptors (Lipinski definition) is 5. The molecule has 0 unspecified atom stereocenters. The standard InChI is InChI=1S/C23H28N4O4/c1-16-9-11-26(12-10-16)21-8-7-19(14-22(21)27(30)31)23(29)24-20-6-4-5-18(13-20)15-25(3)17(2)28/h4-8,13-14,16H,9-12,15H2,1-3H3,(H,24,29). The summed E-state index contributed by atoms with van der Waals surface area (Å²) in [7, 11) is 1.71. The lowest BCUT2D eigenvalue weighted by Gasteiger charge is -2.31. The van der Waals surface area contributed by atoms with E-state index in [-0.39, 0.29) is 17.2 Å². The second kappa shape index (κ2) is 9.59. The molecule has 1 aliphatic rings. The largest absolute Gasteiger partial charge is 0.366 e. The van der Waals surface area contributed by atoms with Gasteiger partial charge in [0.25, 0.3) is 11.6 Å². The topological polar surface area (TPSA) is 95.8 Å². The maximum Gasteiger partial charge on any atom is 0.293 e. The first kappa shape index (κ1) is 22.3. The Morgan fingerprint density at radius 2 is 1.90 bits per heavy atom. The van der Waals surface area contributed by atoms with Crippen LogP contribution in [0.5, 0.6) is 0 Å². The van der Waals surface area contributed by atoms with E-state index in [2.05, 4.69) is 12.2 Å². The van der Waals surface area contributed by atoms with Crippen LogP contribution in [0.15, 0.2) is 42.5 Å². The zero-order valence-corrected chi connectivity index (χ0v) is 18.1. The molecule has 1 aliphatic heterocycles. The van der Waals surface area contributed by atoms with Crippen molar-refractivity contribution in [2.75, 3.05) is 30.4 Å². The zero-order chi connectivity index (χ0) is 22.5. The van der Waals surface area contributed by atoms with Gasteiger partial charge in [0.2, 0.25) is 5.91 Å². The van der Waals surface area contributed by atoms with Crippen molar-refractivity contribution in [2.45, 2.75) is 33.2 Å². The molecule has 1 heterocycles. The maximum absolute atomic E-state index is 12.7. The summed E-state index contributed by atoms with van der Waals surface area (Å²) < 4.78 is 0. The molecule has 1 N–H and O–H groups in total. The number of carbonyl (C=O) groups excluding carboxylic acids is 2. The van der Waals surface area contributed by atoms with Crippen LogP contribution >= 0.6 is 0 Å². The third-order valence-electron chi connectivity index (χ3n) is 5.70. The SMILES string of the molecule is CC(=O)N(C)Cc1cccc(NC(=O)c2ccc(N3CCC(C)CC3)c([N+](=O)[O-])c2)c1. The van der Waals surface area contributed by atoms with Crippen molar-refractivity contribution in [3.63, 3.8) is 0 Å². The van der Waals surface area contributed by atoms with E-state index in [1.165, 1.54) is 13.0 Å². The first-order valence-electron chi connectivity index (χ1n) is 10.4. The van der Waals surface area contributed by atoms with Gasteiger partial charge in [-0.2, -0.15) is 0 Å². The van der Waals surface area contributed by atoms with Crippen LogP contribution in [0.1, 0.15) is 42.6 Å². The van der Waals surface area contributed by atoms with E-state index >= 15 is 0 Å². The molecule has 1 saturated heterocycles. The van der Waals surface area contributed by atoms with Gasteiger partial charge in [0, 0.05) is 50.9 Å². The van der Waals surface area contributed by atoms with E-state index in [0.717, 1.165) is 31.5 Å². The summed E-state index contributed by atoms with van der Waals surface area (Å²) in [6.45, 7) is 5.65. The van der Waals surface area contributed by atoms with Crippen LogP contribution in [0.25, 0.3) is 0 Å². The molecule has 0 aromatic heterocycles. The molecule has 2 aromatic rings. The van der Waals surface area contributed by atoms with Gasteiger partial charge in [0.1, 0.15) is 5.69 Å². The van der Waals surface area contributed by atoms with Crippen molar-refractivity contribution >= 4 is 28.9 Å². The Kier molecular flexibility index (Phi) is 6.89. The van der Waals surface area contributed by atoms with Crippen LogP contribution in [-0.4, -0.2) is 41.8 Å². The number of rotatable bonds is 6. The number of benzene rings is 2. The van der Waals surface area contributed by atoms with Crippen molar-refractivity contribution in [1.29, 1.82) is 0 Å². The van der Waals surface area contributed by atoms with Crippen LogP contribution in [0.3, 0.4) is 0 Å². The molecular formula is C23H28N4O4. The minimum absolute atomic E-state index is 0.0509. The predicted molar refractivity (Wildman–Crippen MR) is 120 cm³/mol. The van der Waals surface area contributed by atoms with Gasteiger partial charge in [0.15, 0.2) is 0 Å². The number of nitro benzene ring substituents is 1. The zero-order valence-electron chi connectivity index (χ0n) is 18.1. The summed E-state index contributed by atoms with van der Waals surface area (Å²) >= 11 is 0. The number of carbonyl (C=O) groups is 2. The normalized spacial score (nSPS) is 14.2. The molecule has 3 rings (SSSR count). The van der Waals surface area contributed by atoms with Gasteiger partial charge in [-0.05, 0) is 48.6 Å². The van der Waals surface area contributed by atoms with E-state index in [1.54, 1.807) is 42.3 Å². The molecule has 0 radical (unpaired) electrons. The van der Waals surface area contributed by atoms with Crippen molar-refractivity contribution in [1.82, 2.24) is 4.90 Å². The van der Waals surface area contributed by atoms with Crippen LogP contribution in [0.2, 0.25) is 0 Å². The molecule has 8 heteroatoms. The van der Waals surface area contributed by atoms with Crippen LogP contribution in [0, 0.1) is 16.0 Å². The fourth-order valence-corrected chi connectivity index (χ4v) is 3.66. The monoisotopic (exact) mass is 424 g/mol. The number of nitro groups is 1. The smallest absolute Gasteiger partial charge is 0.293 e. The Hall–Kier alpha value is -3.42. The average molecular weight is 425 g/mol. The molecule has 0 saturated carbocycles. The van der Waals surface area contributed by atoms with Gasteiger partial charge in [-0.1, -0.05) is 19.1 Å². The molecule has 164 valence electrons. The summed E-state index contributed by atoms with van der Waals surface area (Å²) in [6.07, 6.45) is 1.99. The van der Waals surface area contributed by atoms with Gasteiger partial charge in [0.05, 0.1) is 4.92 Å². The second-order valence-corrected chi connectivity index (χ2v) is 8.16. The van der Waals surface area contributed by atoms with Crippen LogP contribution < -0.4 is 10.2 Å². The lowest BCUT2D eigenvalue weighted by molar-refractivity contribution is -0.384. The van der Waals surface area contributed by atoms with Crippen LogP contribution in [0.4, 0.5) is 17.1 Å². The number of hydrogen-bond donors (Lipinski definition) is 1. The lowest BCUT2D eigenvalue weighted by Crippen LogP contribution is -2.33. The number of anilines is 2. The third kappa shape index (κ3) is 5.59. The highest BCUT2D eigenvalue weighted by atomic mass is 16.6. The molecule has 0 spiro atoms. The Bertz CT molecular complexity index is 983. The maximum atomic E-state index is 12.7. The number of nitrogens with zero attached hydrogens (tertiary/aromatic N) is 3. The van der Waals surface area contributed by atoms with Crippen molar-refractivity contribution in [3.05, 3.63) is 63.7 Å². The highest BCUT2D eigenvalue weighted by Crippen LogP contribution is 2.32. The molecule has 0 aliphatic carbocycles. The minimum atomic E-state index is -0.428. The third-order valence-corrected chi connectivity index (χ3v) is 5.70. The van der Waals surface area contributed by atoms with E-state index in [4.69, 9.17) is 0 Å². The molecule has 2 aromatic carbocycles. The van der Waals surface area contributed by atoms with Gasteiger partial charge < -0.3 is 15.1 Å². The number of amides is 2. The van der Waals surface area contributed by atoms with E-state index in [0.29, 0.717) is 23.8 Å². The quantitative estimate of drug-likeness (QED) is 0.557. The summed E-state index contributed by atoms with van der Waals surface area (Å²) in [4.78, 5) is 39.0. The van der Waals surface area contributed by atoms with Gasteiger partial charge in [-0.15, -0.1) is 0 Å². The molecule has 0 atom stereocenters. The van der Waals surface area contributed by atoms with Crippen molar-refractivity contribution < 1.29 is 14.5 Å². The van der Waals surface area contributed by atoms with Gasteiger partial charge in [-0.25, -0.2) is 0 Å². The van der Waals surface area contributed by atoms with Crippen LogP contribution in [-0.2, 0) is 11.3 Å². The Labute approximate surface area is 182 Å². The average Bonchev–Trinajstić information content (AvgIpc) is 2.74. The molecule has 8 nitrogen and oxygen atoms in total. The van der Waals surface area contributed by atoms with E-state index in [1.807, 2.05) is 11.0 Å². The molecule has 1 fully saturated rings. The van der Waals surface area contributed by atoms with Crippen molar-refractivity contribution in [2.24, 2.45) is 5.92 Å². The second-order valence-electron chi connectivity index (χ2n) is 8.16. The predicted octanol–water partition coefficient (Wildman–Crippen LogP) is 4.06. The fraction of sp³-hybridized carbons (Fsp3) is 0.391. The number of piperidine rings is 1. The Morgan fingerprint density at radius 3 is 2.55 bits per heavy atom. The summed E-state index contributed by atoms with van der Waals surface area (Å²) in [6, 6.07) is 11.8. The highest BCUT2D eigenvalue weighted by Gasteiger charge is 2.24. The van der Waals surface area contributed by atoms with E-state index < -0.39 is 10.8 Å². The fourth-order valence-electron chi connectivity index (χ4n) is 3.66. The Morgan fingerprint density at radius 1 is 1.19 bits per heavy atom. The first-order valence-corrected chi connectivity index (χ1v) is 10.4. The molecular weight excluding hydrogens is 396 g/mol. The van der Waals surface area contributed by atoms with Gasteiger partial charge >= 0.3 is 0 Å². The van der Waals surface area contributed by atoms with Crippen molar-refractivity contribution in [3.8, 4) is 0 Å². The first-order chi connectivity index (χ1) is 14.7.